The minimum Gasteiger partial charge on any atom is -0.494 e. The summed E-state index contributed by atoms with van der Waals surface area (Å²) in [6.45, 7) is 0.984. The molecule has 16 heavy (non-hydrogen) atoms. The summed E-state index contributed by atoms with van der Waals surface area (Å²) in [6, 6.07) is 0.988. The average Bonchev–Trinajstić information content (AvgIpc) is 2.15. The number of benzene rings is 1. The Hall–Kier alpha value is -1.59. The highest BCUT2D eigenvalue weighted by molar-refractivity contribution is 5.95. The van der Waals surface area contributed by atoms with Crippen LogP contribution in [0.15, 0.2) is 12.1 Å². The van der Waals surface area contributed by atoms with E-state index in [9.17, 15) is 22.4 Å². The standard InChI is InChI=1S/C10H8F4O2/c1-5(15)7-3-6(10(12,13)14)4-8(16-2)9(7)11/h3-4H,1-2H3. The number of carbonyl (C=O) groups excluding carboxylic acids is 1. The van der Waals surface area contributed by atoms with E-state index in [1.54, 1.807) is 0 Å². The van der Waals surface area contributed by atoms with Crippen LogP contribution in [0.2, 0.25) is 0 Å². The van der Waals surface area contributed by atoms with Gasteiger partial charge in [-0.1, -0.05) is 0 Å². The van der Waals surface area contributed by atoms with E-state index in [0.717, 1.165) is 14.0 Å². The molecule has 0 fully saturated rings. The molecule has 0 amide bonds. The molecule has 6 heteroatoms. The number of halogens is 4. The fraction of sp³-hybridized carbons (Fsp3) is 0.300. The smallest absolute Gasteiger partial charge is 0.416 e. The quantitative estimate of drug-likeness (QED) is 0.582. The fourth-order valence-electron chi connectivity index (χ4n) is 1.17. The zero-order valence-corrected chi connectivity index (χ0v) is 8.48. The Morgan fingerprint density at radius 2 is 1.88 bits per heavy atom. The number of ketones is 1. The van der Waals surface area contributed by atoms with Gasteiger partial charge in [-0.05, 0) is 19.1 Å². The average molecular weight is 236 g/mol. The number of hydrogen-bond acceptors (Lipinski definition) is 2. The zero-order valence-electron chi connectivity index (χ0n) is 8.48. The molecule has 0 aromatic heterocycles. The number of rotatable bonds is 2. The molecule has 88 valence electrons. The third-order valence-electron chi connectivity index (χ3n) is 1.97. The van der Waals surface area contributed by atoms with E-state index in [1.807, 2.05) is 0 Å². The van der Waals surface area contributed by atoms with Crippen molar-refractivity contribution in [2.45, 2.75) is 13.1 Å². The number of methoxy groups -OCH3 is 1. The molecule has 1 aromatic rings. The number of hydrogen-bond donors (Lipinski definition) is 0. The summed E-state index contributed by atoms with van der Waals surface area (Å²) >= 11 is 0. The van der Waals surface area contributed by atoms with Crippen molar-refractivity contribution in [3.05, 3.63) is 29.1 Å². The summed E-state index contributed by atoms with van der Waals surface area (Å²) in [5, 5.41) is 0. The Bertz CT molecular complexity index is 424. The first kappa shape index (κ1) is 12.5. The van der Waals surface area contributed by atoms with Crippen LogP contribution in [0.1, 0.15) is 22.8 Å². The van der Waals surface area contributed by atoms with Gasteiger partial charge in [-0.25, -0.2) is 4.39 Å². The molecule has 0 aliphatic carbocycles. The summed E-state index contributed by atoms with van der Waals surface area (Å²) < 4.78 is 55.0. The maximum Gasteiger partial charge on any atom is 0.416 e. The molecule has 0 aliphatic rings. The van der Waals surface area contributed by atoms with Crippen LogP contribution in [0.3, 0.4) is 0 Å². The molecule has 0 radical (unpaired) electrons. The summed E-state index contributed by atoms with van der Waals surface area (Å²) in [4.78, 5) is 11.0. The van der Waals surface area contributed by atoms with E-state index in [2.05, 4.69) is 4.74 Å². The monoisotopic (exact) mass is 236 g/mol. The molecular formula is C10H8F4O2. The Kier molecular flexibility index (Phi) is 3.21. The molecule has 0 saturated heterocycles. The molecule has 0 spiro atoms. The van der Waals surface area contributed by atoms with Gasteiger partial charge in [-0.15, -0.1) is 0 Å². The third-order valence-corrected chi connectivity index (χ3v) is 1.97. The van der Waals surface area contributed by atoms with Crippen LogP contribution in [0.25, 0.3) is 0 Å². The molecule has 0 saturated carbocycles. The van der Waals surface area contributed by atoms with Gasteiger partial charge in [0.1, 0.15) is 0 Å². The second-order valence-electron chi connectivity index (χ2n) is 3.09. The van der Waals surface area contributed by atoms with Crippen molar-refractivity contribution in [3.63, 3.8) is 0 Å². The van der Waals surface area contributed by atoms with Gasteiger partial charge in [0.25, 0.3) is 0 Å². The summed E-state index contributed by atoms with van der Waals surface area (Å²) in [5.41, 5.74) is -1.75. The van der Waals surface area contributed by atoms with Crippen molar-refractivity contribution in [2.75, 3.05) is 7.11 Å². The molecular weight excluding hydrogens is 228 g/mol. The predicted octanol–water partition coefficient (Wildman–Crippen LogP) is 3.06. The van der Waals surface area contributed by atoms with E-state index in [1.165, 1.54) is 0 Å². The van der Waals surface area contributed by atoms with Crippen molar-refractivity contribution in [2.24, 2.45) is 0 Å². The molecule has 0 N–H and O–H groups in total. The lowest BCUT2D eigenvalue weighted by molar-refractivity contribution is -0.137. The lowest BCUT2D eigenvalue weighted by Crippen LogP contribution is -2.09. The third kappa shape index (κ3) is 2.32. The van der Waals surface area contributed by atoms with Gasteiger partial charge in [0, 0.05) is 0 Å². The first-order valence-electron chi connectivity index (χ1n) is 4.23. The van der Waals surface area contributed by atoms with Crippen LogP contribution in [0.5, 0.6) is 5.75 Å². The lowest BCUT2D eigenvalue weighted by atomic mass is 10.1. The molecule has 0 aliphatic heterocycles. The van der Waals surface area contributed by atoms with Crippen molar-refractivity contribution in [3.8, 4) is 5.75 Å². The summed E-state index contributed by atoms with van der Waals surface area (Å²) in [6.07, 6.45) is -4.65. The zero-order chi connectivity index (χ0) is 12.5. The second kappa shape index (κ2) is 4.11. The Labute approximate surface area is 88.8 Å². The maximum atomic E-state index is 13.4. The summed E-state index contributed by atoms with van der Waals surface area (Å²) in [5.74, 6) is -2.47. The molecule has 2 nitrogen and oxygen atoms in total. The highest BCUT2D eigenvalue weighted by Gasteiger charge is 2.33. The van der Waals surface area contributed by atoms with E-state index in [-0.39, 0.29) is 0 Å². The van der Waals surface area contributed by atoms with E-state index >= 15 is 0 Å². The molecule has 1 aromatic carbocycles. The molecule has 1 rings (SSSR count). The SMILES string of the molecule is COc1cc(C(F)(F)F)cc(C(C)=O)c1F. The van der Waals surface area contributed by atoms with E-state index in [0.29, 0.717) is 12.1 Å². The summed E-state index contributed by atoms with van der Waals surface area (Å²) in [7, 11) is 1.03. The van der Waals surface area contributed by atoms with Crippen LogP contribution in [0, 0.1) is 5.82 Å². The van der Waals surface area contributed by atoms with Gasteiger partial charge in [0.05, 0.1) is 18.2 Å². The fourth-order valence-corrected chi connectivity index (χ4v) is 1.17. The van der Waals surface area contributed by atoms with Crippen LogP contribution in [-0.4, -0.2) is 12.9 Å². The minimum absolute atomic E-state index is 0.472. The Balaban J connectivity index is 3.46. The Morgan fingerprint density at radius 1 is 1.31 bits per heavy atom. The molecule has 0 atom stereocenters. The van der Waals surface area contributed by atoms with Gasteiger partial charge in [-0.2, -0.15) is 13.2 Å². The van der Waals surface area contributed by atoms with Crippen LogP contribution >= 0.6 is 0 Å². The first-order chi connectivity index (χ1) is 7.27. The number of carbonyl (C=O) groups is 1. The van der Waals surface area contributed by atoms with Gasteiger partial charge in [0.2, 0.25) is 0 Å². The largest absolute Gasteiger partial charge is 0.494 e. The van der Waals surface area contributed by atoms with Gasteiger partial charge in [-0.3, -0.25) is 4.79 Å². The van der Waals surface area contributed by atoms with Gasteiger partial charge < -0.3 is 4.74 Å². The van der Waals surface area contributed by atoms with Crippen molar-refractivity contribution < 1.29 is 27.1 Å². The predicted molar refractivity (Wildman–Crippen MR) is 48.0 cm³/mol. The lowest BCUT2D eigenvalue weighted by Gasteiger charge is -2.11. The number of ether oxygens (including phenoxy) is 1. The topological polar surface area (TPSA) is 26.3 Å². The first-order valence-corrected chi connectivity index (χ1v) is 4.23. The van der Waals surface area contributed by atoms with Gasteiger partial charge >= 0.3 is 6.18 Å². The molecule has 0 bridgehead atoms. The van der Waals surface area contributed by atoms with Crippen LogP contribution in [-0.2, 0) is 6.18 Å². The van der Waals surface area contributed by atoms with Crippen LogP contribution < -0.4 is 4.74 Å². The maximum absolute atomic E-state index is 13.4. The highest BCUT2D eigenvalue weighted by Crippen LogP contribution is 2.34. The Morgan fingerprint density at radius 3 is 2.25 bits per heavy atom. The second-order valence-corrected chi connectivity index (χ2v) is 3.09. The van der Waals surface area contributed by atoms with Gasteiger partial charge in [0.15, 0.2) is 17.3 Å². The normalized spacial score (nSPS) is 11.4. The molecule has 0 unspecified atom stereocenters. The number of alkyl halides is 3. The van der Waals surface area contributed by atoms with Crippen molar-refractivity contribution in [1.29, 1.82) is 0 Å². The highest BCUT2D eigenvalue weighted by atomic mass is 19.4. The van der Waals surface area contributed by atoms with E-state index < -0.39 is 34.7 Å². The minimum atomic E-state index is -4.65. The number of Topliss-reactive ketones (excluding diaryl/α,β-unsaturated/α-hetero) is 1. The molecule has 0 heterocycles. The van der Waals surface area contributed by atoms with Crippen molar-refractivity contribution in [1.82, 2.24) is 0 Å². The van der Waals surface area contributed by atoms with Crippen molar-refractivity contribution >= 4 is 5.78 Å². The van der Waals surface area contributed by atoms with E-state index in [4.69, 9.17) is 0 Å². The van der Waals surface area contributed by atoms with Crippen LogP contribution in [0.4, 0.5) is 17.6 Å².